The Morgan fingerprint density at radius 1 is 0.739 bits per heavy atom. The Morgan fingerprint density at radius 3 is 1.91 bits per heavy atom. The summed E-state index contributed by atoms with van der Waals surface area (Å²) in [5, 5.41) is 0. The summed E-state index contributed by atoms with van der Waals surface area (Å²) < 4.78 is 0. The maximum absolute atomic E-state index is 2.44. The molecular weight excluding hydrogens is 276 g/mol. The molecule has 0 spiro atoms. The van der Waals surface area contributed by atoms with Crippen molar-refractivity contribution < 1.29 is 0 Å². The molecule has 0 nitrogen and oxygen atoms in total. The summed E-state index contributed by atoms with van der Waals surface area (Å²) in [4.78, 5) is 0. The highest BCUT2D eigenvalue weighted by Crippen LogP contribution is 2.37. The highest BCUT2D eigenvalue weighted by Gasteiger charge is 2.20. The van der Waals surface area contributed by atoms with Crippen LogP contribution in [0.15, 0.2) is 30.3 Å². The van der Waals surface area contributed by atoms with Gasteiger partial charge < -0.3 is 0 Å². The van der Waals surface area contributed by atoms with Gasteiger partial charge in [0, 0.05) is 0 Å². The molecule has 0 heterocycles. The van der Waals surface area contributed by atoms with E-state index in [2.05, 4.69) is 65.0 Å². The maximum Gasteiger partial charge on any atom is -0.0154 e. The van der Waals surface area contributed by atoms with E-state index in [4.69, 9.17) is 0 Å². The van der Waals surface area contributed by atoms with Gasteiger partial charge in [0.15, 0.2) is 0 Å². The lowest BCUT2D eigenvalue weighted by Crippen LogP contribution is -2.11. The summed E-state index contributed by atoms with van der Waals surface area (Å²) in [7, 11) is 0. The van der Waals surface area contributed by atoms with Crippen molar-refractivity contribution >= 4 is 0 Å². The average molecular weight is 306 g/mol. The lowest BCUT2D eigenvalue weighted by atomic mass is 9.78. The summed E-state index contributed by atoms with van der Waals surface area (Å²) in [5.41, 5.74) is 9.94. The Morgan fingerprint density at radius 2 is 1.35 bits per heavy atom. The third kappa shape index (κ3) is 3.37. The van der Waals surface area contributed by atoms with E-state index >= 15 is 0 Å². The van der Waals surface area contributed by atoms with Gasteiger partial charge in [0.25, 0.3) is 0 Å². The molecule has 0 aliphatic heterocycles. The zero-order valence-corrected chi connectivity index (χ0v) is 15.4. The monoisotopic (exact) mass is 306 g/mol. The van der Waals surface area contributed by atoms with Crippen LogP contribution in [0.2, 0.25) is 0 Å². The summed E-state index contributed by atoms with van der Waals surface area (Å²) in [6.45, 7) is 11.3. The van der Waals surface area contributed by atoms with Crippen molar-refractivity contribution in [3.63, 3.8) is 0 Å². The van der Waals surface area contributed by atoms with Crippen LogP contribution in [0.1, 0.15) is 66.3 Å². The Bertz CT molecular complexity index is 677. The fourth-order valence-corrected chi connectivity index (χ4v) is 4.05. The van der Waals surface area contributed by atoms with Crippen LogP contribution >= 0.6 is 0 Å². The van der Waals surface area contributed by atoms with Crippen molar-refractivity contribution in [1.82, 2.24) is 0 Å². The molecule has 1 saturated carbocycles. The standard InChI is InChI=1S/C23H30/c1-15-6-8-20(9-7-15)21-10-11-23(18(4)14-21)22-12-16(2)19(5)17(3)13-22/h10-15,20H,6-9H2,1-5H3. The van der Waals surface area contributed by atoms with Crippen LogP contribution in [0, 0.1) is 33.6 Å². The predicted molar refractivity (Wildman–Crippen MR) is 101 cm³/mol. The van der Waals surface area contributed by atoms with E-state index in [9.17, 15) is 0 Å². The first-order valence-corrected chi connectivity index (χ1v) is 9.14. The lowest BCUT2D eigenvalue weighted by molar-refractivity contribution is 0.348. The second kappa shape index (κ2) is 6.51. The quantitative estimate of drug-likeness (QED) is 0.567. The molecule has 122 valence electrons. The number of rotatable bonds is 2. The van der Waals surface area contributed by atoms with Crippen molar-refractivity contribution in [2.24, 2.45) is 5.92 Å². The van der Waals surface area contributed by atoms with E-state index in [0.29, 0.717) is 0 Å². The molecule has 23 heavy (non-hydrogen) atoms. The third-order valence-corrected chi connectivity index (χ3v) is 5.98. The minimum Gasteiger partial charge on any atom is -0.0625 e. The van der Waals surface area contributed by atoms with Gasteiger partial charge in [-0.15, -0.1) is 0 Å². The first-order valence-electron chi connectivity index (χ1n) is 9.14. The first kappa shape index (κ1) is 16.3. The molecule has 0 aromatic heterocycles. The maximum atomic E-state index is 2.44. The van der Waals surface area contributed by atoms with Crippen molar-refractivity contribution in [3.8, 4) is 11.1 Å². The summed E-state index contributed by atoms with van der Waals surface area (Å²) in [5.74, 6) is 1.70. The Balaban J connectivity index is 1.91. The molecule has 2 aromatic carbocycles. The number of benzene rings is 2. The van der Waals surface area contributed by atoms with Gasteiger partial charge in [-0.2, -0.15) is 0 Å². The molecule has 0 N–H and O–H groups in total. The third-order valence-electron chi connectivity index (χ3n) is 5.98. The number of hydrogen-bond acceptors (Lipinski definition) is 0. The molecular formula is C23H30. The van der Waals surface area contributed by atoms with E-state index in [1.54, 1.807) is 5.56 Å². The van der Waals surface area contributed by atoms with Gasteiger partial charge in [0.1, 0.15) is 0 Å². The SMILES string of the molecule is Cc1cc(C2CCC(C)CC2)ccc1-c1cc(C)c(C)c(C)c1. The van der Waals surface area contributed by atoms with Crippen LogP contribution in [0.3, 0.4) is 0 Å². The van der Waals surface area contributed by atoms with Gasteiger partial charge in [-0.1, -0.05) is 50.1 Å². The zero-order valence-electron chi connectivity index (χ0n) is 15.4. The normalized spacial score (nSPS) is 21.4. The van der Waals surface area contributed by atoms with Gasteiger partial charge in [-0.3, -0.25) is 0 Å². The van der Waals surface area contributed by atoms with Gasteiger partial charge in [0.05, 0.1) is 0 Å². The predicted octanol–water partition coefficient (Wildman–Crippen LogP) is 6.88. The highest BCUT2D eigenvalue weighted by atomic mass is 14.2. The molecule has 3 rings (SSSR count). The second-order valence-electron chi connectivity index (χ2n) is 7.77. The molecule has 1 fully saturated rings. The topological polar surface area (TPSA) is 0 Å². The van der Waals surface area contributed by atoms with E-state index in [1.807, 2.05) is 0 Å². The highest BCUT2D eigenvalue weighted by molar-refractivity contribution is 5.70. The Labute approximate surface area is 141 Å². The molecule has 0 heteroatoms. The fraction of sp³-hybridized carbons (Fsp3) is 0.478. The Kier molecular flexibility index (Phi) is 4.62. The van der Waals surface area contributed by atoms with E-state index < -0.39 is 0 Å². The van der Waals surface area contributed by atoms with E-state index in [0.717, 1.165) is 11.8 Å². The molecule has 2 aromatic rings. The lowest BCUT2D eigenvalue weighted by Gasteiger charge is -2.27. The minimum absolute atomic E-state index is 0.778. The molecule has 0 bridgehead atoms. The van der Waals surface area contributed by atoms with Crippen molar-refractivity contribution in [3.05, 3.63) is 58.1 Å². The molecule has 0 amide bonds. The van der Waals surface area contributed by atoms with Gasteiger partial charge in [-0.25, -0.2) is 0 Å². The van der Waals surface area contributed by atoms with E-state index in [-0.39, 0.29) is 0 Å². The second-order valence-corrected chi connectivity index (χ2v) is 7.77. The first-order chi connectivity index (χ1) is 11.0. The van der Waals surface area contributed by atoms with Crippen LogP contribution in [0.25, 0.3) is 11.1 Å². The Hall–Kier alpha value is -1.56. The van der Waals surface area contributed by atoms with Gasteiger partial charge in [0.2, 0.25) is 0 Å². The largest absolute Gasteiger partial charge is 0.0625 e. The minimum atomic E-state index is 0.778. The zero-order chi connectivity index (χ0) is 16.6. The van der Waals surface area contributed by atoms with Crippen LogP contribution in [0.5, 0.6) is 0 Å². The van der Waals surface area contributed by atoms with Gasteiger partial charge in [-0.05, 0) is 91.3 Å². The van der Waals surface area contributed by atoms with Crippen LogP contribution in [-0.4, -0.2) is 0 Å². The summed E-state index contributed by atoms with van der Waals surface area (Å²) in [6, 6.07) is 11.9. The molecule has 0 atom stereocenters. The van der Waals surface area contributed by atoms with Gasteiger partial charge >= 0.3 is 0 Å². The van der Waals surface area contributed by atoms with Crippen LogP contribution < -0.4 is 0 Å². The van der Waals surface area contributed by atoms with Crippen molar-refractivity contribution in [2.45, 2.75) is 66.2 Å². The van der Waals surface area contributed by atoms with E-state index in [1.165, 1.54) is 59.1 Å². The molecule has 1 aliphatic rings. The van der Waals surface area contributed by atoms with Crippen molar-refractivity contribution in [1.29, 1.82) is 0 Å². The fourth-order valence-electron chi connectivity index (χ4n) is 4.05. The summed E-state index contributed by atoms with van der Waals surface area (Å²) in [6.07, 6.45) is 5.51. The van der Waals surface area contributed by atoms with Crippen LogP contribution in [0.4, 0.5) is 0 Å². The van der Waals surface area contributed by atoms with Crippen LogP contribution in [-0.2, 0) is 0 Å². The molecule has 0 radical (unpaired) electrons. The number of aryl methyl sites for hydroxylation is 3. The summed E-state index contributed by atoms with van der Waals surface area (Å²) >= 11 is 0. The molecule has 1 aliphatic carbocycles. The molecule has 0 saturated heterocycles. The van der Waals surface area contributed by atoms with Crippen molar-refractivity contribution in [2.75, 3.05) is 0 Å². The number of hydrogen-bond donors (Lipinski definition) is 0. The average Bonchev–Trinajstić information content (AvgIpc) is 2.53. The molecule has 0 unspecified atom stereocenters. The smallest absolute Gasteiger partial charge is 0.0154 e.